The number of aryl methyl sites for hydroxylation is 2. The maximum Gasteiger partial charge on any atom is 0.255 e. The standard InChI is InChI=1S/C24H21N3O2/c28-24(26-20-11-10-17-5-3-6-18(17)13-20)19-7-4-8-22(14-19)29-16-21-15-27-12-2-1-9-23(27)25-21/h1-2,4,7-15H,3,5-6,16H2,(H,26,28). The molecule has 5 heteroatoms. The fourth-order valence-electron chi connectivity index (χ4n) is 3.79. The number of hydrogen-bond donors (Lipinski definition) is 1. The van der Waals surface area contributed by atoms with Gasteiger partial charge in [0.05, 0.1) is 5.69 Å². The number of imidazole rings is 1. The number of anilines is 1. The summed E-state index contributed by atoms with van der Waals surface area (Å²) >= 11 is 0. The molecule has 2 aromatic carbocycles. The molecule has 0 bridgehead atoms. The minimum Gasteiger partial charge on any atom is -0.487 e. The summed E-state index contributed by atoms with van der Waals surface area (Å²) in [5, 5.41) is 3.00. The number of carbonyl (C=O) groups excluding carboxylic acids is 1. The third-order valence-electron chi connectivity index (χ3n) is 5.25. The lowest BCUT2D eigenvalue weighted by atomic mass is 10.1. The average molecular weight is 383 g/mol. The highest BCUT2D eigenvalue weighted by atomic mass is 16.5. The van der Waals surface area contributed by atoms with E-state index in [-0.39, 0.29) is 5.91 Å². The van der Waals surface area contributed by atoms with Crippen molar-refractivity contribution in [1.82, 2.24) is 9.38 Å². The maximum atomic E-state index is 12.7. The smallest absolute Gasteiger partial charge is 0.255 e. The molecule has 2 heterocycles. The Morgan fingerprint density at radius 1 is 1.03 bits per heavy atom. The van der Waals surface area contributed by atoms with E-state index in [4.69, 9.17) is 4.74 Å². The third kappa shape index (κ3) is 3.72. The van der Waals surface area contributed by atoms with E-state index >= 15 is 0 Å². The number of nitrogens with one attached hydrogen (secondary N) is 1. The van der Waals surface area contributed by atoms with Crippen LogP contribution in [0.3, 0.4) is 0 Å². The lowest BCUT2D eigenvalue weighted by Gasteiger charge is -2.09. The summed E-state index contributed by atoms with van der Waals surface area (Å²) in [6.07, 6.45) is 7.31. The molecular formula is C24H21N3O2. The molecule has 5 nitrogen and oxygen atoms in total. The number of carbonyl (C=O) groups is 1. The Morgan fingerprint density at radius 2 is 1.97 bits per heavy atom. The minimum absolute atomic E-state index is 0.138. The topological polar surface area (TPSA) is 55.6 Å². The largest absolute Gasteiger partial charge is 0.487 e. The Kier molecular flexibility index (Phi) is 4.48. The fourth-order valence-corrected chi connectivity index (χ4v) is 3.79. The summed E-state index contributed by atoms with van der Waals surface area (Å²) < 4.78 is 7.82. The Hall–Kier alpha value is -3.60. The van der Waals surface area contributed by atoms with Gasteiger partial charge in [-0.3, -0.25) is 4.79 Å². The number of amides is 1. The number of benzene rings is 2. The van der Waals surface area contributed by atoms with E-state index in [1.165, 1.54) is 17.5 Å². The minimum atomic E-state index is -0.138. The van der Waals surface area contributed by atoms with Crippen LogP contribution in [0.15, 0.2) is 73.1 Å². The van der Waals surface area contributed by atoms with Gasteiger partial charge in [0, 0.05) is 23.6 Å². The second-order valence-electron chi connectivity index (χ2n) is 7.31. The van der Waals surface area contributed by atoms with Gasteiger partial charge in [-0.15, -0.1) is 0 Å². The number of aromatic nitrogens is 2. The highest BCUT2D eigenvalue weighted by Gasteiger charge is 2.13. The van der Waals surface area contributed by atoms with Crippen LogP contribution in [0.25, 0.3) is 5.65 Å². The second kappa shape index (κ2) is 7.43. The van der Waals surface area contributed by atoms with Crippen molar-refractivity contribution in [2.75, 3.05) is 5.32 Å². The van der Waals surface area contributed by atoms with E-state index in [1.807, 2.05) is 53.2 Å². The van der Waals surface area contributed by atoms with Gasteiger partial charge in [0.1, 0.15) is 18.0 Å². The Labute approximate surface area is 169 Å². The van der Waals surface area contributed by atoms with E-state index in [1.54, 1.807) is 12.1 Å². The molecule has 5 rings (SSSR count). The lowest BCUT2D eigenvalue weighted by molar-refractivity contribution is 0.102. The second-order valence-corrected chi connectivity index (χ2v) is 7.31. The number of rotatable bonds is 5. The first kappa shape index (κ1) is 17.5. The number of fused-ring (bicyclic) bond motifs is 2. The zero-order chi connectivity index (χ0) is 19.6. The molecular weight excluding hydrogens is 362 g/mol. The van der Waals surface area contributed by atoms with Crippen molar-refractivity contribution >= 4 is 17.2 Å². The number of pyridine rings is 1. The number of hydrogen-bond acceptors (Lipinski definition) is 3. The molecule has 2 aromatic heterocycles. The highest BCUT2D eigenvalue weighted by Crippen LogP contribution is 2.25. The monoisotopic (exact) mass is 383 g/mol. The molecule has 0 unspecified atom stereocenters. The van der Waals surface area contributed by atoms with Gasteiger partial charge in [-0.05, 0) is 72.9 Å². The average Bonchev–Trinajstić information content (AvgIpc) is 3.38. The molecule has 1 N–H and O–H groups in total. The van der Waals surface area contributed by atoms with Gasteiger partial charge in [0.25, 0.3) is 5.91 Å². The Bertz CT molecular complexity index is 1160. The summed E-state index contributed by atoms with van der Waals surface area (Å²) in [6.45, 7) is 0.345. The highest BCUT2D eigenvalue weighted by molar-refractivity contribution is 6.04. The number of nitrogens with zero attached hydrogens (tertiary/aromatic N) is 2. The normalized spacial score (nSPS) is 12.7. The van der Waals surface area contributed by atoms with Gasteiger partial charge in [0.2, 0.25) is 0 Å². The van der Waals surface area contributed by atoms with Crippen molar-refractivity contribution < 1.29 is 9.53 Å². The van der Waals surface area contributed by atoms with Crippen LogP contribution in [0.4, 0.5) is 5.69 Å². The lowest BCUT2D eigenvalue weighted by Crippen LogP contribution is -2.12. The van der Waals surface area contributed by atoms with Crippen LogP contribution in [0.2, 0.25) is 0 Å². The molecule has 0 radical (unpaired) electrons. The fraction of sp³-hybridized carbons (Fsp3) is 0.167. The molecule has 1 aliphatic carbocycles. The zero-order valence-electron chi connectivity index (χ0n) is 16.0. The van der Waals surface area contributed by atoms with Crippen molar-refractivity contribution in [2.45, 2.75) is 25.9 Å². The molecule has 0 saturated heterocycles. The van der Waals surface area contributed by atoms with E-state index in [0.717, 1.165) is 29.9 Å². The van der Waals surface area contributed by atoms with Crippen LogP contribution in [-0.2, 0) is 19.4 Å². The first-order valence-electron chi connectivity index (χ1n) is 9.83. The van der Waals surface area contributed by atoms with E-state index in [0.29, 0.717) is 17.9 Å². The number of ether oxygens (including phenoxy) is 1. The third-order valence-corrected chi connectivity index (χ3v) is 5.25. The SMILES string of the molecule is O=C(Nc1ccc2c(c1)CCC2)c1cccc(OCc2cn3ccccc3n2)c1. The van der Waals surface area contributed by atoms with Crippen LogP contribution < -0.4 is 10.1 Å². The van der Waals surface area contributed by atoms with Crippen molar-refractivity contribution in [3.63, 3.8) is 0 Å². The molecule has 29 heavy (non-hydrogen) atoms. The van der Waals surface area contributed by atoms with E-state index < -0.39 is 0 Å². The zero-order valence-corrected chi connectivity index (χ0v) is 16.0. The van der Waals surface area contributed by atoms with Gasteiger partial charge >= 0.3 is 0 Å². The van der Waals surface area contributed by atoms with Gasteiger partial charge in [0.15, 0.2) is 0 Å². The quantitative estimate of drug-likeness (QED) is 0.546. The molecule has 0 spiro atoms. The summed E-state index contributed by atoms with van der Waals surface area (Å²) in [4.78, 5) is 17.2. The van der Waals surface area contributed by atoms with Crippen LogP contribution in [0, 0.1) is 0 Å². The van der Waals surface area contributed by atoms with Crippen molar-refractivity contribution in [1.29, 1.82) is 0 Å². The summed E-state index contributed by atoms with van der Waals surface area (Å²) in [5.74, 6) is 0.504. The van der Waals surface area contributed by atoms with Crippen molar-refractivity contribution in [3.8, 4) is 5.75 Å². The van der Waals surface area contributed by atoms with Crippen molar-refractivity contribution in [3.05, 3.63) is 95.4 Å². The van der Waals surface area contributed by atoms with E-state index in [9.17, 15) is 4.79 Å². The molecule has 0 aliphatic heterocycles. The predicted molar refractivity (Wildman–Crippen MR) is 112 cm³/mol. The van der Waals surface area contributed by atoms with Crippen molar-refractivity contribution in [2.24, 2.45) is 0 Å². The van der Waals surface area contributed by atoms with Gasteiger partial charge in [-0.1, -0.05) is 18.2 Å². The van der Waals surface area contributed by atoms with Crippen LogP contribution >= 0.6 is 0 Å². The molecule has 1 amide bonds. The first-order chi connectivity index (χ1) is 14.2. The molecule has 0 atom stereocenters. The predicted octanol–water partition coefficient (Wildman–Crippen LogP) is 4.65. The summed E-state index contributed by atoms with van der Waals surface area (Å²) in [5.41, 5.74) is 5.86. The molecule has 4 aromatic rings. The Balaban J connectivity index is 1.27. The van der Waals surface area contributed by atoms with Crippen LogP contribution in [0.5, 0.6) is 5.75 Å². The van der Waals surface area contributed by atoms with Crippen LogP contribution in [-0.4, -0.2) is 15.3 Å². The van der Waals surface area contributed by atoms with Gasteiger partial charge in [-0.25, -0.2) is 4.98 Å². The first-order valence-corrected chi connectivity index (χ1v) is 9.83. The van der Waals surface area contributed by atoms with E-state index in [2.05, 4.69) is 22.4 Å². The Morgan fingerprint density at radius 3 is 2.90 bits per heavy atom. The van der Waals surface area contributed by atoms with Gasteiger partial charge in [-0.2, -0.15) is 0 Å². The maximum absolute atomic E-state index is 12.7. The van der Waals surface area contributed by atoms with Crippen LogP contribution in [0.1, 0.15) is 33.6 Å². The molecule has 1 aliphatic rings. The summed E-state index contributed by atoms with van der Waals surface area (Å²) in [7, 11) is 0. The molecule has 0 saturated carbocycles. The molecule has 0 fully saturated rings. The summed E-state index contributed by atoms with van der Waals surface area (Å²) in [6, 6.07) is 19.3. The van der Waals surface area contributed by atoms with Gasteiger partial charge < -0.3 is 14.5 Å². The molecule has 144 valence electrons.